The zero-order chi connectivity index (χ0) is 14.7. The van der Waals surface area contributed by atoms with Crippen molar-refractivity contribution in [1.29, 1.82) is 0 Å². The van der Waals surface area contributed by atoms with Gasteiger partial charge in [0.2, 0.25) is 5.91 Å². The van der Waals surface area contributed by atoms with E-state index in [1.807, 2.05) is 11.3 Å². The van der Waals surface area contributed by atoms with Crippen LogP contribution in [-0.2, 0) is 4.79 Å². The summed E-state index contributed by atoms with van der Waals surface area (Å²) in [5, 5.41) is 7.86. The molecule has 1 heterocycles. The first-order chi connectivity index (χ1) is 10.2. The van der Waals surface area contributed by atoms with Crippen molar-refractivity contribution in [2.24, 2.45) is 0 Å². The van der Waals surface area contributed by atoms with E-state index in [4.69, 9.17) is 0 Å². The second-order valence-electron chi connectivity index (χ2n) is 5.81. The summed E-state index contributed by atoms with van der Waals surface area (Å²) >= 11 is 1.84. The van der Waals surface area contributed by atoms with Crippen LogP contribution in [0.2, 0.25) is 0 Å². The number of hydrogen-bond donors (Lipinski definition) is 2. The van der Waals surface area contributed by atoms with Gasteiger partial charge < -0.3 is 10.6 Å². The van der Waals surface area contributed by atoms with E-state index in [1.165, 1.54) is 15.0 Å². The fourth-order valence-corrected chi connectivity index (χ4v) is 3.50. The summed E-state index contributed by atoms with van der Waals surface area (Å²) in [5.74, 6) is 0.203. The fraction of sp³-hybridized carbons (Fsp3) is 0.471. The third kappa shape index (κ3) is 4.05. The highest BCUT2D eigenvalue weighted by Crippen LogP contribution is 2.29. The Morgan fingerprint density at radius 1 is 1.38 bits per heavy atom. The molecule has 1 unspecified atom stereocenters. The molecule has 1 aliphatic rings. The van der Waals surface area contributed by atoms with E-state index in [1.54, 1.807) is 0 Å². The quantitative estimate of drug-likeness (QED) is 0.767. The van der Waals surface area contributed by atoms with Crippen LogP contribution in [0.15, 0.2) is 30.3 Å². The number of amides is 1. The SMILES string of the molecule is CC(NCCCC(=O)NC1CC1)c1cc2ccccc2s1. The van der Waals surface area contributed by atoms with Crippen molar-refractivity contribution < 1.29 is 4.79 Å². The zero-order valence-corrected chi connectivity index (χ0v) is 13.2. The average molecular weight is 302 g/mol. The lowest BCUT2D eigenvalue weighted by molar-refractivity contribution is -0.121. The summed E-state index contributed by atoms with van der Waals surface area (Å²) in [6.07, 6.45) is 3.84. The van der Waals surface area contributed by atoms with Crippen molar-refractivity contribution in [3.63, 3.8) is 0 Å². The molecule has 0 saturated heterocycles. The molecule has 1 amide bonds. The number of benzene rings is 1. The number of rotatable bonds is 7. The van der Waals surface area contributed by atoms with E-state index in [9.17, 15) is 4.79 Å². The van der Waals surface area contributed by atoms with Gasteiger partial charge in [0, 0.05) is 28.1 Å². The molecule has 3 nitrogen and oxygen atoms in total. The highest BCUT2D eigenvalue weighted by Gasteiger charge is 2.22. The molecule has 4 heteroatoms. The third-order valence-corrected chi connectivity index (χ3v) is 5.14. The molecule has 1 aromatic carbocycles. The van der Waals surface area contributed by atoms with Crippen molar-refractivity contribution in [2.75, 3.05) is 6.54 Å². The molecule has 21 heavy (non-hydrogen) atoms. The summed E-state index contributed by atoms with van der Waals surface area (Å²) in [6, 6.07) is 11.6. The molecule has 1 aliphatic carbocycles. The van der Waals surface area contributed by atoms with Gasteiger partial charge >= 0.3 is 0 Å². The highest BCUT2D eigenvalue weighted by molar-refractivity contribution is 7.19. The molecule has 0 bridgehead atoms. The Bertz CT molecular complexity index is 585. The van der Waals surface area contributed by atoms with Crippen LogP contribution in [0.4, 0.5) is 0 Å². The van der Waals surface area contributed by atoms with E-state index in [0.717, 1.165) is 25.8 Å². The summed E-state index contributed by atoms with van der Waals surface area (Å²) in [5.41, 5.74) is 0. The second kappa shape index (κ2) is 6.58. The van der Waals surface area contributed by atoms with Gasteiger partial charge in [-0.15, -0.1) is 11.3 Å². The Labute approximate surface area is 129 Å². The van der Waals surface area contributed by atoms with E-state index in [0.29, 0.717) is 18.5 Å². The maximum absolute atomic E-state index is 11.6. The molecule has 2 aromatic rings. The van der Waals surface area contributed by atoms with Gasteiger partial charge in [-0.1, -0.05) is 18.2 Å². The van der Waals surface area contributed by atoms with E-state index >= 15 is 0 Å². The van der Waals surface area contributed by atoms with Crippen LogP contribution in [0.25, 0.3) is 10.1 Å². The monoisotopic (exact) mass is 302 g/mol. The van der Waals surface area contributed by atoms with Crippen LogP contribution in [0.3, 0.4) is 0 Å². The maximum Gasteiger partial charge on any atom is 0.220 e. The molecule has 0 radical (unpaired) electrons. The lowest BCUT2D eigenvalue weighted by Gasteiger charge is -2.11. The van der Waals surface area contributed by atoms with Crippen molar-refractivity contribution in [1.82, 2.24) is 10.6 Å². The Kier molecular flexibility index (Phi) is 4.56. The van der Waals surface area contributed by atoms with Crippen LogP contribution in [0.1, 0.15) is 43.5 Å². The van der Waals surface area contributed by atoms with Crippen LogP contribution >= 0.6 is 11.3 Å². The predicted octanol–water partition coefficient (Wildman–Crippen LogP) is 3.61. The molecular weight excluding hydrogens is 280 g/mol. The molecule has 1 fully saturated rings. The highest BCUT2D eigenvalue weighted by atomic mass is 32.1. The summed E-state index contributed by atoms with van der Waals surface area (Å²) in [6.45, 7) is 3.07. The first-order valence-corrected chi connectivity index (χ1v) is 8.55. The van der Waals surface area contributed by atoms with Crippen LogP contribution in [0, 0.1) is 0 Å². The first kappa shape index (κ1) is 14.5. The van der Waals surface area contributed by atoms with Gasteiger partial charge in [0.25, 0.3) is 0 Å². The van der Waals surface area contributed by atoms with E-state index < -0.39 is 0 Å². The second-order valence-corrected chi connectivity index (χ2v) is 6.92. The Balaban J connectivity index is 1.42. The number of carbonyl (C=O) groups is 1. The lowest BCUT2D eigenvalue weighted by Crippen LogP contribution is -2.26. The maximum atomic E-state index is 11.6. The molecule has 1 saturated carbocycles. The first-order valence-electron chi connectivity index (χ1n) is 7.73. The summed E-state index contributed by atoms with van der Waals surface area (Å²) in [7, 11) is 0. The minimum Gasteiger partial charge on any atom is -0.353 e. The van der Waals surface area contributed by atoms with Crippen molar-refractivity contribution in [3.8, 4) is 0 Å². The zero-order valence-electron chi connectivity index (χ0n) is 12.4. The van der Waals surface area contributed by atoms with E-state index in [2.05, 4.69) is 47.9 Å². The van der Waals surface area contributed by atoms with Gasteiger partial charge in [0.15, 0.2) is 0 Å². The topological polar surface area (TPSA) is 41.1 Å². The fourth-order valence-electron chi connectivity index (χ4n) is 2.41. The third-order valence-electron chi connectivity index (χ3n) is 3.84. The normalized spacial score (nSPS) is 16.0. The molecular formula is C17H22N2OS. The molecule has 3 rings (SSSR count). The minimum atomic E-state index is 0.203. The average Bonchev–Trinajstić information content (AvgIpc) is 3.18. The van der Waals surface area contributed by atoms with Crippen molar-refractivity contribution in [2.45, 2.75) is 44.7 Å². The van der Waals surface area contributed by atoms with Crippen LogP contribution in [-0.4, -0.2) is 18.5 Å². The summed E-state index contributed by atoms with van der Waals surface area (Å²) in [4.78, 5) is 12.9. The molecule has 2 N–H and O–H groups in total. The largest absolute Gasteiger partial charge is 0.353 e. The molecule has 1 atom stereocenters. The number of fused-ring (bicyclic) bond motifs is 1. The lowest BCUT2D eigenvalue weighted by atomic mass is 10.2. The molecule has 112 valence electrons. The number of thiophene rings is 1. The molecule has 0 spiro atoms. The van der Waals surface area contributed by atoms with Crippen molar-refractivity contribution >= 4 is 27.3 Å². The van der Waals surface area contributed by atoms with Crippen LogP contribution in [0.5, 0.6) is 0 Å². The number of nitrogens with one attached hydrogen (secondary N) is 2. The van der Waals surface area contributed by atoms with E-state index in [-0.39, 0.29) is 5.91 Å². The Morgan fingerprint density at radius 2 is 2.19 bits per heavy atom. The van der Waals surface area contributed by atoms with Crippen molar-refractivity contribution in [3.05, 3.63) is 35.2 Å². The smallest absolute Gasteiger partial charge is 0.220 e. The predicted molar refractivity (Wildman–Crippen MR) is 88.6 cm³/mol. The van der Waals surface area contributed by atoms with Gasteiger partial charge in [-0.25, -0.2) is 0 Å². The Morgan fingerprint density at radius 3 is 2.95 bits per heavy atom. The molecule has 1 aromatic heterocycles. The van der Waals surface area contributed by atoms with Crippen LogP contribution < -0.4 is 10.6 Å². The van der Waals surface area contributed by atoms with Gasteiger partial charge in [-0.05, 0) is 50.2 Å². The standard InChI is InChI=1S/C17H22N2OS/c1-12(16-11-13-5-2-3-6-15(13)21-16)18-10-4-7-17(20)19-14-8-9-14/h2-3,5-6,11-12,14,18H,4,7-10H2,1H3,(H,19,20). The van der Waals surface area contributed by atoms with Gasteiger partial charge in [-0.2, -0.15) is 0 Å². The Hall–Kier alpha value is -1.39. The molecule has 0 aliphatic heterocycles. The number of carbonyl (C=O) groups excluding carboxylic acids is 1. The number of hydrogen-bond acceptors (Lipinski definition) is 3. The minimum absolute atomic E-state index is 0.203. The van der Waals surface area contributed by atoms with Gasteiger partial charge in [0.1, 0.15) is 0 Å². The summed E-state index contributed by atoms with van der Waals surface area (Å²) < 4.78 is 1.34. The van der Waals surface area contributed by atoms with Gasteiger partial charge in [-0.3, -0.25) is 4.79 Å². The van der Waals surface area contributed by atoms with Gasteiger partial charge in [0.05, 0.1) is 0 Å².